The monoisotopic (exact) mass is 258 g/mol. The summed E-state index contributed by atoms with van der Waals surface area (Å²) in [6.07, 6.45) is 5.44. The third kappa shape index (κ3) is 3.16. The highest BCUT2D eigenvalue weighted by atomic mass is 16.1. The Morgan fingerprint density at radius 1 is 1.26 bits per heavy atom. The van der Waals surface area contributed by atoms with Crippen molar-refractivity contribution in [1.29, 1.82) is 0 Å². The van der Waals surface area contributed by atoms with Crippen LogP contribution in [0.5, 0.6) is 0 Å². The maximum Gasteiger partial charge on any atom is 0.251 e. The quantitative estimate of drug-likeness (QED) is 0.822. The Labute approximate surface area is 114 Å². The van der Waals surface area contributed by atoms with Gasteiger partial charge in [0.2, 0.25) is 0 Å². The molecule has 1 aromatic rings. The Balaban J connectivity index is 1.57. The fourth-order valence-corrected chi connectivity index (χ4v) is 2.92. The van der Waals surface area contributed by atoms with Gasteiger partial charge in [-0.25, -0.2) is 0 Å². The molecule has 19 heavy (non-hydrogen) atoms. The van der Waals surface area contributed by atoms with Crippen LogP contribution in [-0.2, 0) is 6.54 Å². The minimum Gasteiger partial charge on any atom is -0.352 e. The van der Waals surface area contributed by atoms with Crippen molar-refractivity contribution in [3.05, 3.63) is 35.4 Å². The minimum atomic E-state index is 0.0431. The lowest BCUT2D eigenvalue weighted by Gasteiger charge is -2.16. The first-order valence-electron chi connectivity index (χ1n) is 7.35. The second-order valence-electron chi connectivity index (χ2n) is 5.95. The van der Waals surface area contributed by atoms with Gasteiger partial charge in [0.15, 0.2) is 0 Å². The lowest BCUT2D eigenvalue weighted by Crippen LogP contribution is -2.31. The molecular formula is C16H22N2O. The second kappa shape index (κ2) is 5.33. The molecule has 102 valence electrons. The van der Waals surface area contributed by atoms with Gasteiger partial charge in [0.1, 0.15) is 0 Å². The van der Waals surface area contributed by atoms with E-state index in [4.69, 9.17) is 5.73 Å². The fraction of sp³-hybridized carbons (Fsp3) is 0.562. The summed E-state index contributed by atoms with van der Waals surface area (Å²) in [5.74, 6) is 2.52. The molecule has 3 rings (SSSR count). The van der Waals surface area contributed by atoms with Gasteiger partial charge >= 0.3 is 0 Å². The van der Waals surface area contributed by atoms with E-state index in [2.05, 4.69) is 5.32 Å². The topological polar surface area (TPSA) is 55.1 Å². The van der Waals surface area contributed by atoms with E-state index in [1.807, 2.05) is 24.3 Å². The van der Waals surface area contributed by atoms with Crippen molar-refractivity contribution in [2.24, 2.45) is 23.5 Å². The van der Waals surface area contributed by atoms with E-state index in [1.165, 1.54) is 25.7 Å². The van der Waals surface area contributed by atoms with E-state index >= 15 is 0 Å². The summed E-state index contributed by atoms with van der Waals surface area (Å²) in [6, 6.07) is 7.60. The number of hydrogen-bond donors (Lipinski definition) is 2. The van der Waals surface area contributed by atoms with Crippen LogP contribution in [0.4, 0.5) is 0 Å². The smallest absolute Gasteiger partial charge is 0.251 e. The first kappa shape index (κ1) is 12.7. The number of hydrogen-bond acceptors (Lipinski definition) is 2. The van der Waals surface area contributed by atoms with Crippen LogP contribution in [0.1, 0.15) is 41.6 Å². The van der Waals surface area contributed by atoms with Gasteiger partial charge in [-0.15, -0.1) is 0 Å². The molecule has 0 saturated heterocycles. The number of carbonyl (C=O) groups excluding carboxylic acids is 1. The molecule has 2 aliphatic rings. The van der Waals surface area contributed by atoms with E-state index in [0.717, 1.165) is 35.4 Å². The van der Waals surface area contributed by atoms with E-state index in [0.29, 0.717) is 6.54 Å². The van der Waals surface area contributed by atoms with Crippen LogP contribution in [-0.4, -0.2) is 12.5 Å². The SMILES string of the molecule is NCc1cccc(C(=O)NCC(C2CC2)C2CC2)c1. The van der Waals surface area contributed by atoms with E-state index in [1.54, 1.807) is 0 Å². The van der Waals surface area contributed by atoms with Gasteiger partial charge in [0.25, 0.3) is 5.91 Å². The first-order valence-corrected chi connectivity index (χ1v) is 7.35. The molecular weight excluding hydrogens is 236 g/mol. The average molecular weight is 258 g/mol. The summed E-state index contributed by atoms with van der Waals surface area (Å²) in [6.45, 7) is 1.33. The second-order valence-corrected chi connectivity index (χ2v) is 5.95. The molecule has 0 heterocycles. The van der Waals surface area contributed by atoms with Crippen LogP contribution in [0.15, 0.2) is 24.3 Å². The zero-order valence-corrected chi connectivity index (χ0v) is 11.3. The zero-order valence-electron chi connectivity index (χ0n) is 11.3. The predicted octanol–water partition coefficient (Wildman–Crippen LogP) is 2.31. The van der Waals surface area contributed by atoms with Gasteiger partial charge in [-0.2, -0.15) is 0 Å². The Bertz CT molecular complexity index is 452. The molecule has 2 aliphatic carbocycles. The van der Waals surface area contributed by atoms with Gasteiger partial charge < -0.3 is 11.1 Å². The van der Waals surface area contributed by atoms with Gasteiger partial charge in [-0.1, -0.05) is 12.1 Å². The number of amides is 1. The number of nitrogens with one attached hydrogen (secondary N) is 1. The third-order valence-electron chi connectivity index (χ3n) is 4.38. The van der Waals surface area contributed by atoms with Crippen LogP contribution in [0, 0.1) is 17.8 Å². The first-order chi connectivity index (χ1) is 9.28. The Hall–Kier alpha value is -1.35. The lowest BCUT2D eigenvalue weighted by atomic mass is 9.98. The number of carbonyl (C=O) groups is 1. The summed E-state index contributed by atoms with van der Waals surface area (Å²) in [5.41, 5.74) is 7.34. The molecule has 0 aliphatic heterocycles. The molecule has 0 unspecified atom stereocenters. The molecule has 3 nitrogen and oxygen atoms in total. The van der Waals surface area contributed by atoms with Crippen molar-refractivity contribution in [2.45, 2.75) is 32.2 Å². The summed E-state index contributed by atoms with van der Waals surface area (Å²) in [7, 11) is 0. The standard InChI is InChI=1S/C16H22N2O/c17-9-11-2-1-3-14(8-11)16(19)18-10-15(12-4-5-12)13-6-7-13/h1-3,8,12-13,15H,4-7,9-10,17H2,(H,18,19). The number of rotatable bonds is 6. The molecule has 0 radical (unpaired) electrons. The molecule has 3 N–H and O–H groups in total. The molecule has 2 saturated carbocycles. The normalized spacial score (nSPS) is 18.6. The summed E-state index contributed by atoms with van der Waals surface area (Å²) >= 11 is 0. The third-order valence-corrected chi connectivity index (χ3v) is 4.38. The van der Waals surface area contributed by atoms with Crippen LogP contribution in [0.3, 0.4) is 0 Å². The van der Waals surface area contributed by atoms with Crippen molar-refractivity contribution in [1.82, 2.24) is 5.32 Å². The molecule has 0 spiro atoms. The highest BCUT2D eigenvalue weighted by Crippen LogP contribution is 2.48. The maximum absolute atomic E-state index is 12.2. The van der Waals surface area contributed by atoms with Crippen LogP contribution >= 0.6 is 0 Å². The molecule has 0 aromatic heterocycles. The number of benzene rings is 1. The average Bonchev–Trinajstić information content (AvgIpc) is 3.31. The fourth-order valence-electron chi connectivity index (χ4n) is 2.92. The maximum atomic E-state index is 12.2. The molecule has 2 fully saturated rings. The Morgan fingerprint density at radius 3 is 2.53 bits per heavy atom. The molecule has 0 atom stereocenters. The van der Waals surface area contributed by atoms with Gasteiger partial charge in [0.05, 0.1) is 0 Å². The summed E-state index contributed by atoms with van der Waals surface area (Å²) in [5, 5.41) is 3.11. The molecule has 3 heteroatoms. The highest BCUT2D eigenvalue weighted by Gasteiger charge is 2.41. The summed E-state index contributed by atoms with van der Waals surface area (Å²) < 4.78 is 0. The predicted molar refractivity (Wildman–Crippen MR) is 75.6 cm³/mol. The number of nitrogens with two attached hydrogens (primary N) is 1. The van der Waals surface area contributed by atoms with Crippen LogP contribution < -0.4 is 11.1 Å². The van der Waals surface area contributed by atoms with Crippen molar-refractivity contribution in [3.8, 4) is 0 Å². The lowest BCUT2D eigenvalue weighted by molar-refractivity contribution is 0.0943. The summed E-state index contributed by atoms with van der Waals surface area (Å²) in [4.78, 5) is 12.2. The van der Waals surface area contributed by atoms with Crippen molar-refractivity contribution >= 4 is 5.91 Å². The van der Waals surface area contributed by atoms with Crippen molar-refractivity contribution in [3.63, 3.8) is 0 Å². The minimum absolute atomic E-state index is 0.0431. The largest absolute Gasteiger partial charge is 0.352 e. The van der Waals surface area contributed by atoms with Gasteiger partial charge in [0, 0.05) is 18.7 Å². The van der Waals surface area contributed by atoms with Crippen LogP contribution in [0.25, 0.3) is 0 Å². The Kier molecular flexibility index (Phi) is 3.56. The van der Waals surface area contributed by atoms with Crippen molar-refractivity contribution < 1.29 is 4.79 Å². The van der Waals surface area contributed by atoms with Crippen LogP contribution in [0.2, 0.25) is 0 Å². The van der Waals surface area contributed by atoms with E-state index in [9.17, 15) is 4.79 Å². The van der Waals surface area contributed by atoms with Gasteiger partial charge in [-0.3, -0.25) is 4.79 Å². The zero-order chi connectivity index (χ0) is 13.2. The van der Waals surface area contributed by atoms with Gasteiger partial charge in [-0.05, 0) is 61.1 Å². The van der Waals surface area contributed by atoms with E-state index in [-0.39, 0.29) is 5.91 Å². The Morgan fingerprint density at radius 2 is 1.95 bits per heavy atom. The molecule has 1 aromatic carbocycles. The van der Waals surface area contributed by atoms with E-state index < -0.39 is 0 Å². The molecule has 0 bridgehead atoms. The highest BCUT2D eigenvalue weighted by molar-refractivity contribution is 5.94. The molecule has 1 amide bonds. The van der Waals surface area contributed by atoms with Crippen molar-refractivity contribution in [2.75, 3.05) is 6.54 Å².